The summed E-state index contributed by atoms with van der Waals surface area (Å²) in [6, 6.07) is 0. The van der Waals surface area contributed by atoms with Gasteiger partial charge in [-0.15, -0.1) is 0 Å². The molecule has 0 saturated carbocycles. The second kappa shape index (κ2) is 14.8. The highest BCUT2D eigenvalue weighted by Crippen LogP contribution is 2.00. The predicted molar refractivity (Wildman–Crippen MR) is 80.8 cm³/mol. The van der Waals surface area contributed by atoms with Crippen LogP contribution in [0.1, 0.15) is 59.3 Å². The molecule has 4 nitrogen and oxygen atoms in total. The van der Waals surface area contributed by atoms with Crippen molar-refractivity contribution in [3.05, 3.63) is 0 Å². The molecule has 0 saturated heterocycles. The van der Waals surface area contributed by atoms with Crippen LogP contribution in [0.4, 0.5) is 0 Å². The molecular formula is C16H32O4. The molecule has 0 bridgehead atoms. The Hall–Kier alpha value is -0.610. The second-order valence-corrected chi connectivity index (χ2v) is 5.44. The van der Waals surface area contributed by atoms with Gasteiger partial charge in [-0.25, -0.2) is 0 Å². The van der Waals surface area contributed by atoms with Crippen LogP contribution in [-0.4, -0.2) is 39.0 Å². The molecule has 0 rings (SSSR count). The summed E-state index contributed by atoms with van der Waals surface area (Å²) in [6.07, 6.45) is 5.48. The van der Waals surface area contributed by atoms with Crippen molar-refractivity contribution in [2.75, 3.05) is 33.0 Å². The Labute approximate surface area is 124 Å². The van der Waals surface area contributed by atoms with Crippen molar-refractivity contribution in [3.8, 4) is 0 Å². The average molecular weight is 288 g/mol. The number of carbonyl (C=O) groups is 1. The van der Waals surface area contributed by atoms with Gasteiger partial charge < -0.3 is 14.2 Å². The molecule has 0 spiro atoms. The average Bonchev–Trinajstić information content (AvgIpc) is 2.41. The van der Waals surface area contributed by atoms with Crippen molar-refractivity contribution < 1.29 is 19.0 Å². The van der Waals surface area contributed by atoms with Crippen molar-refractivity contribution in [3.63, 3.8) is 0 Å². The maximum Gasteiger partial charge on any atom is 0.305 e. The lowest BCUT2D eigenvalue weighted by atomic mass is 10.1. The van der Waals surface area contributed by atoms with Crippen molar-refractivity contribution >= 4 is 5.97 Å². The number of rotatable bonds is 14. The fourth-order valence-electron chi connectivity index (χ4n) is 1.57. The lowest BCUT2D eigenvalue weighted by Crippen LogP contribution is -2.10. The molecular weight excluding hydrogens is 256 g/mol. The summed E-state index contributed by atoms with van der Waals surface area (Å²) in [6.45, 7) is 9.67. The first-order valence-corrected chi connectivity index (χ1v) is 7.98. The standard InChI is InChI=1S/C16H32O4/c1-4-5-6-11-20-16(17)8-7-10-18-13-14-19-12-9-15(2)3/h15H,4-14H2,1-3H3. The van der Waals surface area contributed by atoms with E-state index in [0.29, 0.717) is 38.8 Å². The smallest absolute Gasteiger partial charge is 0.305 e. The van der Waals surface area contributed by atoms with Crippen molar-refractivity contribution in [1.82, 2.24) is 0 Å². The summed E-state index contributed by atoms with van der Waals surface area (Å²) in [7, 11) is 0. The second-order valence-electron chi connectivity index (χ2n) is 5.44. The number of hydrogen-bond donors (Lipinski definition) is 0. The molecule has 0 atom stereocenters. The molecule has 0 aliphatic heterocycles. The number of unbranched alkanes of at least 4 members (excludes halogenated alkanes) is 2. The minimum absolute atomic E-state index is 0.113. The van der Waals surface area contributed by atoms with Crippen LogP contribution >= 0.6 is 0 Å². The Morgan fingerprint density at radius 2 is 1.60 bits per heavy atom. The van der Waals surface area contributed by atoms with Crippen molar-refractivity contribution in [2.45, 2.75) is 59.3 Å². The molecule has 0 amide bonds. The Morgan fingerprint density at radius 3 is 2.25 bits per heavy atom. The number of carbonyl (C=O) groups excluding carboxylic acids is 1. The lowest BCUT2D eigenvalue weighted by Gasteiger charge is -2.07. The molecule has 0 aliphatic rings. The maximum absolute atomic E-state index is 11.3. The maximum atomic E-state index is 11.3. The lowest BCUT2D eigenvalue weighted by molar-refractivity contribution is -0.144. The molecule has 4 heteroatoms. The highest BCUT2D eigenvalue weighted by molar-refractivity contribution is 5.69. The Bertz CT molecular complexity index is 217. The van der Waals surface area contributed by atoms with Crippen LogP contribution in [-0.2, 0) is 19.0 Å². The SMILES string of the molecule is CCCCCOC(=O)CCCOCCOCCC(C)C. The van der Waals surface area contributed by atoms with Gasteiger partial charge in [-0.2, -0.15) is 0 Å². The number of ether oxygens (including phenoxy) is 3. The van der Waals surface area contributed by atoms with E-state index in [1.807, 2.05) is 0 Å². The molecule has 0 heterocycles. The van der Waals surface area contributed by atoms with E-state index >= 15 is 0 Å². The largest absolute Gasteiger partial charge is 0.466 e. The molecule has 120 valence electrons. The monoisotopic (exact) mass is 288 g/mol. The topological polar surface area (TPSA) is 44.8 Å². The van der Waals surface area contributed by atoms with Gasteiger partial charge >= 0.3 is 5.97 Å². The minimum atomic E-state index is -0.113. The Balaban J connectivity index is 3.13. The summed E-state index contributed by atoms with van der Waals surface area (Å²) in [5.74, 6) is 0.567. The van der Waals surface area contributed by atoms with Gasteiger partial charge in [0.25, 0.3) is 0 Å². The zero-order chi connectivity index (χ0) is 15.1. The summed E-state index contributed by atoms with van der Waals surface area (Å²) in [5.41, 5.74) is 0. The number of esters is 1. The van der Waals surface area contributed by atoms with Gasteiger partial charge in [0.2, 0.25) is 0 Å². The van der Waals surface area contributed by atoms with Crippen LogP contribution in [0.25, 0.3) is 0 Å². The van der Waals surface area contributed by atoms with Gasteiger partial charge in [0.1, 0.15) is 0 Å². The molecule has 0 aromatic rings. The van der Waals surface area contributed by atoms with Crippen LogP contribution in [0, 0.1) is 5.92 Å². The van der Waals surface area contributed by atoms with E-state index in [-0.39, 0.29) is 5.97 Å². The molecule has 0 unspecified atom stereocenters. The minimum Gasteiger partial charge on any atom is -0.466 e. The fraction of sp³-hybridized carbons (Fsp3) is 0.938. The molecule has 0 aromatic carbocycles. The van der Waals surface area contributed by atoms with Crippen LogP contribution in [0.3, 0.4) is 0 Å². The van der Waals surface area contributed by atoms with Gasteiger partial charge in [-0.1, -0.05) is 33.6 Å². The van der Waals surface area contributed by atoms with E-state index in [1.54, 1.807) is 0 Å². The van der Waals surface area contributed by atoms with E-state index < -0.39 is 0 Å². The fourth-order valence-corrected chi connectivity index (χ4v) is 1.57. The molecule has 0 N–H and O–H groups in total. The van der Waals surface area contributed by atoms with Crippen LogP contribution in [0.15, 0.2) is 0 Å². The Morgan fingerprint density at radius 1 is 0.900 bits per heavy atom. The van der Waals surface area contributed by atoms with E-state index in [0.717, 1.165) is 38.7 Å². The van der Waals surface area contributed by atoms with E-state index in [9.17, 15) is 4.79 Å². The summed E-state index contributed by atoms with van der Waals surface area (Å²) in [5, 5.41) is 0. The summed E-state index contributed by atoms with van der Waals surface area (Å²) in [4.78, 5) is 11.3. The number of hydrogen-bond acceptors (Lipinski definition) is 4. The zero-order valence-corrected chi connectivity index (χ0v) is 13.5. The highest BCUT2D eigenvalue weighted by Gasteiger charge is 2.02. The highest BCUT2D eigenvalue weighted by atomic mass is 16.5. The molecule has 0 radical (unpaired) electrons. The first kappa shape index (κ1) is 19.4. The third kappa shape index (κ3) is 15.4. The quantitative estimate of drug-likeness (QED) is 0.362. The van der Waals surface area contributed by atoms with Gasteiger partial charge in [-0.3, -0.25) is 4.79 Å². The van der Waals surface area contributed by atoms with Crippen molar-refractivity contribution in [1.29, 1.82) is 0 Å². The molecule has 0 aromatic heterocycles. The van der Waals surface area contributed by atoms with E-state index in [1.165, 1.54) is 0 Å². The first-order valence-electron chi connectivity index (χ1n) is 7.98. The summed E-state index contributed by atoms with van der Waals surface area (Å²) >= 11 is 0. The van der Waals surface area contributed by atoms with Crippen LogP contribution in [0.5, 0.6) is 0 Å². The first-order chi connectivity index (χ1) is 9.66. The van der Waals surface area contributed by atoms with Gasteiger partial charge in [0.05, 0.1) is 19.8 Å². The Kier molecular flexibility index (Phi) is 14.3. The van der Waals surface area contributed by atoms with Crippen LogP contribution in [0.2, 0.25) is 0 Å². The predicted octanol–water partition coefficient (Wildman–Crippen LogP) is 3.58. The van der Waals surface area contributed by atoms with Gasteiger partial charge in [0, 0.05) is 19.6 Å². The van der Waals surface area contributed by atoms with E-state index in [4.69, 9.17) is 14.2 Å². The van der Waals surface area contributed by atoms with E-state index in [2.05, 4.69) is 20.8 Å². The van der Waals surface area contributed by atoms with Crippen molar-refractivity contribution in [2.24, 2.45) is 5.92 Å². The zero-order valence-electron chi connectivity index (χ0n) is 13.5. The normalized spacial score (nSPS) is 11.0. The third-order valence-electron chi connectivity index (χ3n) is 2.89. The van der Waals surface area contributed by atoms with Crippen LogP contribution < -0.4 is 0 Å². The molecule has 0 fully saturated rings. The summed E-state index contributed by atoms with van der Waals surface area (Å²) < 4.78 is 15.9. The third-order valence-corrected chi connectivity index (χ3v) is 2.89. The molecule has 0 aliphatic carbocycles. The van der Waals surface area contributed by atoms with Gasteiger partial charge in [-0.05, 0) is 25.2 Å². The molecule has 20 heavy (non-hydrogen) atoms. The van der Waals surface area contributed by atoms with Gasteiger partial charge in [0.15, 0.2) is 0 Å².